The van der Waals surface area contributed by atoms with Crippen LogP contribution >= 0.6 is 11.3 Å². The zero-order valence-corrected chi connectivity index (χ0v) is 23.1. The first-order valence-electron chi connectivity index (χ1n) is 12.2. The maximum atomic E-state index is 12.2. The molecular formula is C25H32N6O4S2. The number of nitrogens with one attached hydrogen (secondary N) is 2. The molecule has 37 heavy (non-hydrogen) atoms. The van der Waals surface area contributed by atoms with E-state index in [2.05, 4.69) is 32.4 Å². The first-order valence-corrected chi connectivity index (χ1v) is 14.9. The summed E-state index contributed by atoms with van der Waals surface area (Å²) < 4.78 is 28.6. The van der Waals surface area contributed by atoms with Crippen molar-refractivity contribution >= 4 is 49.9 Å². The molecule has 0 unspecified atom stereocenters. The van der Waals surface area contributed by atoms with E-state index >= 15 is 0 Å². The second-order valence-corrected chi connectivity index (χ2v) is 12.2. The van der Waals surface area contributed by atoms with Gasteiger partial charge in [0.2, 0.25) is 5.95 Å². The minimum atomic E-state index is -3.24. The molecule has 0 saturated carbocycles. The summed E-state index contributed by atoms with van der Waals surface area (Å²) in [5.41, 5.74) is 1.51. The van der Waals surface area contributed by atoms with Gasteiger partial charge in [-0.15, -0.1) is 0 Å². The van der Waals surface area contributed by atoms with Crippen LogP contribution in [-0.4, -0.2) is 55.3 Å². The van der Waals surface area contributed by atoms with Crippen molar-refractivity contribution in [2.24, 2.45) is 5.92 Å². The van der Waals surface area contributed by atoms with Crippen molar-refractivity contribution in [3.63, 3.8) is 0 Å². The molecule has 0 spiro atoms. The van der Waals surface area contributed by atoms with Crippen LogP contribution in [0, 0.1) is 12.8 Å². The molecule has 0 atom stereocenters. The van der Waals surface area contributed by atoms with Crippen molar-refractivity contribution in [2.45, 2.75) is 45.1 Å². The maximum Gasteiger partial charge on any atom is 0.350 e. The van der Waals surface area contributed by atoms with Crippen LogP contribution in [0.3, 0.4) is 0 Å². The molecule has 0 amide bonds. The van der Waals surface area contributed by atoms with Gasteiger partial charge in [0.15, 0.2) is 15.0 Å². The highest BCUT2D eigenvalue weighted by molar-refractivity contribution is 7.90. The zero-order valence-electron chi connectivity index (χ0n) is 21.4. The Morgan fingerprint density at radius 1 is 1.16 bits per heavy atom. The second-order valence-electron chi connectivity index (χ2n) is 9.15. The van der Waals surface area contributed by atoms with Gasteiger partial charge < -0.3 is 15.0 Å². The largest absolute Gasteiger partial charge is 0.462 e. The summed E-state index contributed by atoms with van der Waals surface area (Å²) in [5.74, 6) is 2.08. The summed E-state index contributed by atoms with van der Waals surface area (Å²) in [6, 6.07) is 8.69. The van der Waals surface area contributed by atoms with E-state index in [9.17, 15) is 13.2 Å². The van der Waals surface area contributed by atoms with Crippen LogP contribution in [0.4, 0.5) is 22.7 Å². The number of hydrogen-bond donors (Lipinski definition) is 2. The standard InChI is InChI=1S/C25H32N6O4S2/c1-5-35-23(32)22-17(3)27-25(36-22)30-24-28-20(14-21(29-24)31-12-10-16(2)11-13-31)26-15-18-6-8-19(9-7-18)37(4,33)34/h6-9,14,16H,5,10-13,15H2,1-4H3,(H2,26,27,28,29,30). The van der Waals surface area contributed by atoms with E-state index in [0.717, 1.165) is 37.3 Å². The Kier molecular flexibility index (Phi) is 8.28. The lowest BCUT2D eigenvalue weighted by Gasteiger charge is -2.31. The van der Waals surface area contributed by atoms with E-state index in [1.165, 1.54) is 17.6 Å². The highest BCUT2D eigenvalue weighted by Crippen LogP contribution is 2.28. The number of sulfone groups is 1. The fourth-order valence-corrected chi connectivity index (χ4v) is 5.44. The first-order chi connectivity index (χ1) is 17.6. The van der Waals surface area contributed by atoms with Crippen molar-refractivity contribution in [3.05, 3.63) is 46.5 Å². The summed E-state index contributed by atoms with van der Waals surface area (Å²) in [7, 11) is -3.24. The minimum Gasteiger partial charge on any atom is -0.462 e. The molecule has 1 aromatic carbocycles. The third-order valence-electron chi connectivity index (χ3n) is 6.12. The lowest BCUT2D eigenvalue weighted by atomic mass is 9.99. The van der Waals surface area contributed by atoms with Crippen LogP contribution in [0.2, 0.25) is 0 Å². The van der Waals surface area contributed by atoms with Gasteiger partial charge in [0.25, 0.3) is 0 Å². The van der Waals surface area contributed by atoms with E-state index in [4.69, 9.17) is 9.72 Å². The van der Waals surface area contributed by atoms with Gasteiger partial charge in [-0.2, -0.15) is 9.97 Å². The average Bonchev–Trinajstić information content (AvgIpc) is 3.22. The van der Waals surface area contributed by atoms with Gasteiger partial charge in [0.05, 0.1) is 17.2 Å². The minimum absolute atomic E-state index is 0.285. The molecule has 1 aliphatic heterocycles. The maximum absolute atomic E-state index is 12.2. The smallest absolute Gasteiger partial charge is 0.350 e. The first kappa shape index (κ1) is 26.8. The molecule has 12 heteroatoms. The number of ether oxygens (including phenoxy) is 1. The molecule has 198 valence electrons. The summed E-state index contributed by atoms with van der Waals surface area (Å²) in [5, 5.41) is 6.99. The number of aryl methyl sites for hydroxylation is 1. The number of benzene rings is 1. The summed E-state index contributed by atoms with van der Waals surface area (Å²) in [6.45, 7) is 8.37. The predicted octanol–water partition coefficient (Wildman–Crippen LogP) is 4.41. The summed E-state index contributed by atoms with van der Waals surface area (Å²) >= 11 is 1.20. The number of anilines is 4. The third-order valence-corrected chi connectivity index (χ3v) is 8.30. The lowest BCUT2D eigenvalue weighted by molar-refractivity contribution is 0.0531. The van der Waals surface area contributed by atoms with E-state index in [1.807, 2.05) is 6.07 Å². The average molecular weight is 545 g/mol. The van der Waals surface area contributed by atoms with Crippen molar-refractivity contribution in [1.29, 1.82) is 0 Å². The topological polar surface area (TPSA) is 126 Å². The molecule has 1 aliphatic rings. The number of aromatic nitrogens is 3. The number of esters is 1. The number of hydrogen-bond acceptors (Lipinski definition) is 11. The van der Waals surface area contributed by atoms with Crippen LogP contribution < -0.4 is 15.5 Å². The number of piperidine rings is 1. The molecule has 1 fully saturated rings. The predicted molar refractivity (Wildman–Crippen MR) is 146 cm³/mol. The number of carbonyl (C=O) groups is 1. The molecule has 4 rings (SSSR count). The van der Waals surface area contributed by atoms with Crippen molar-refractivity contribution in [1.82, 2.24) is 15.0 Å². The Bertz CT molecular complexity index is 1350. The van der Waals surface area contributed by atoms with Crippen LogP contribution in [0.25, 0.3) is 0 Å². The monoisotopic (exact) mass is 544 g/mol. The fraction of sp³-hybridized carbons (Fsp3) is 0.440. The normalized spacial score (nSPS) is 14.4. The van der Waals surface area contributed by atoms with Gasteiger partial charge in [0, 0.05) is 32.0 Å². The van der Waals surface area contributed by atoms with Crippen molar-refractivity contribution in [3.8, 4) is 0 Å². The molecular weight excluding hydrogens is 512 g/mol. The molecule has 2 aromatic heterocycles. The molecule has 0 radical (unpaired) electrons. The SMILES string of the molecule is CCOC(=O)c1sc(Nc2nc(NCc3ccc(S(C)(=O)=O)cc3)cc(N3CCC(C)CC3)n2)nc1C. The molecule has 1 saturated heterocycles. The zero-order chi connectivity index (χ0) is 26.6. The fourth-order valence-electron chi connectivity index (χ4n) is 3.96. The molecule has 2 N–H and O–H groups in total. The van der Waals surface area contributed by atoms with Crippen LogP contribution in [0.5, 0.6) is 0 Å². The Morgan fingerprint density at radius 3 is 2.51 bits per heavy atom. The molecule has 0 aliphatic carbocycles. The Labute approximate surface area is 221 Å². The van der Waals surface area contributed by atoms with E-state index in [0.29, 0.717) is 46.5 Å². The Balaban J connectivity index is 1.56. The Morgan fingerprint density at radius 2 is 1.86 bits per heavy atom. The van der Waals surface area contributed by atoms with Crippen LogP contribution in [0.1, 0.15) is 47.6 Å². The quantitative estimate of drug-likeness (QED) is 0.374. The highest BCUT2D eigenvalue weighted by Gasteiger charge is 2.20. The highest BCUT2D eigenvalue weighted by atomic mass is 32.2. The third kappa shape index (κ3) is 6.95. The Hall–Kier alpha value is -3.25. The van der Waals surface area contributed by atoms with Gasteiger partial charge in [-0.05, 0) is 50.3 Å². The van der Waals surface area contributed by atoms with Gasteiger partial charge in [-0.25, -0.2) is 18.2 Å². The van der Waals surface area contributed by atoms with E-state index in [-0.39, 0.29) is 4.90 Å². The van der Waals surface area contributed by atoms with E-state index < -0.39 is 15.8 Å². The number of thiazole rings is 1. The van der Waals surface area contributed by atoms with Gasteiger partial charge in [-0.1, -0.05) is 30.4 Å². The van der Waals surface area contributed by atoms with Crippen LogP contribution in [0.15, 0.2) is 35.2 Å². The lowest BCUT2D eigenvalue weighted by Crippen LogP contribution is -2.33. The second kappa shape index (κ2) is 11.4. The molecule has 3 heterocycles. The number of rotatable bonds is 9. The number of carbonyl (C=O) groups excluding carboxylic acids is 1. The number of nitrogens with zero attached hydrogens (tertiary/aromatic N) is 4. The summed E-state index contributed by atoms with van der Waals surface area (Å²) in [6.07, 6.45) is 3.38. The van der Waals surface area contributed by atoms with E-state index in [1.54, 1.807) is 38.1 Å². The van der Waals surface area contributed by atoms with Gasteiger partial charge in [-0.3, -0.25) is 5.32 Å². The van der Waals surface area contributed by atoms with Crippen LogP contribution in [-0.2, 0) is 21.1 Å². The van der Waals surface area contributed by atoms with Gasteiger partial charge >= 0.3 is 5.97 Å². The van der Waals surface area contributed by atoms with Crippen molar-refractivity contribution in [2.75, 3.05) is 41.5 Å². The molecule has 10 nitrogen and oxygen atoms in total. The van der Waals surface area contributed by atoms with Gasteiger partial charge in [0.1, 0.15) is 16.5 Å². The van der Waals surface area contributed by atoms with Crippen molar-refractivity contribution < 1.29 is 17.9 Å². The summed E-state index contributed by atoms with van der Waals surface area (Å²) in [4.78, 5) is 29.0. The molecule has 3 aromatic rings. The molecule has 0 bridgehead atoms.